The molecule has 0 saturated heterocycles. The van der Waals surface area contributed by atoms with E-state index in [1.165, 1.54) is 11.0 Å². The zero-order chi connectivity index (χ0) is 23.5. The number of carbonyl (C=O) groups is 1. The van der Waals surface area contributed by atoms with Crippen LogP contribution in [0.4, 0.5) is 14.5 Å². The van der Waals surface area contributed by atoms with Crippen LogP contribution >= 0.6 is 0 Å². The third kappa shape index (κ3) is 3.65. The SMILES string of the molecule is CC1CN(C(=O)C2Cc3cc(-c4ccccn4)c(F)cc3O2)c2cc(S(N)(=O)=O)c(F)cc21. The number of primary sulfonamides is 1. The van der Waals surface area contributed by atoms with E-state index in [1.807, 2.05) is 0 Å². The second-order valence-electron chi connectivity index (χ2n) is 8.20. The summed E-state index contributed by atoms with van der Waals surface area (Å²) in [6, 6.07) is 10.2. The van der Waals surface area contributed by atoms with Crippen LogP contribution in [0.25, 0.3) is 11.3 Å². The molecule has 2 aliphatic heterocycles. The molecule has 3 aromatic rings. The van der Waals surface area contributed by atoms with Crippen molar-refractivity contribution in [2.75, 3.05) is 11.4 Å². The predicted octanol–water partition coefficient (Wildman–Crippen LogP) is 3.13. The molecule has 7 nitrogen and oxygen atoms in total. The molecule has 2 unspecified atom stereocenters. The lowest BCUT2D eigenvalue weighted by molar-refractivity contribution is -0.124. The molecule has 2 atom stereocenters. The Morgan fingerprint density at radius 3 is 2.67 bits per heavy atom. The summed E-state index contributed by atoms with van der Waals surface area (Å²) in [5.41, 5.74) is 2.21. The fourth-order valence-electron chi connectivity index (χ4n) is 4.38. The Labute approximate surface area is 188 Å². The molecular formula is C23H19F2N3O4S. The summed E-state index contributed by atoms with van der Waals surface area (Å²) in [6.45, 7) is 2.03. The molecule has 0 radical (unpaired) electrons. The highest BCUT2D eigenvalue weighted by molar-refractivity contribution is 7.89. The van der Waals surface area contributed by atoms with Crippen molar-refractivity contribution in [3.63, 3.8) is 0 Å². The molecule has 2 N–H and O–H groups in total. The van der Waals surface area contributed by atoms with Gasteiger partial charge in [0.15, 0.2) is 6.10 Å². The lowest BCUT2D eigenvalue weighted by atomic mass is 10.0. The summed E-state index contributed by atoms with van der Waals surface area (Å²) < 4.78 is 58.3. The van der Waals surface area contributed by atoms with Crippen LogP contribution in [0.2, 0.25) is 0 Å². The van der Waals surface area contributed by atoms with Gasteiger partial charge in [0.1, 0.15) is 22.3 Å². The number of aromatic nitrogens is 1. The molecule has 2 aromatic carbocycles. The van der Waals surface area contributed by atoms with E-state index >= 15 is 0 Å². The Balaban J connectivity index is 1.46. The van der Waals surface area contributed by atoms with Gasteiger partial charge in [-0.3, -0.25) is 9.78 Å². The van der Waals surface area contributed by atoms with Crippen molar-refractivity contribution in [2.24, 2.45) is 5.14 Å². The number of amides is 1. The fraction of sp³-hybridized carbons (Fsp3) is 0.217. The number of carbonyl (C=O) groups excluding carboxylic acids is 1. The van der Waals surface area contributed by atoms with Crippen molar-refractivity contribution in [3.8, 4) is 17.0 Å². The first-order valence-corrected chi connectivity index (χ1v) is 11.8. The number of hydrogen-bond donors (Lipinski definition) is 1. The van der Waals surface area contributed by atoms with Gasteiger partial charge in [-0.1, -0.05) is 13.0 Å². The molecule has 1 aromatic heterocycles. The minimum Gasteiger partial charge on any atom is -0.480 e. The average Bonchev–Trinajstić information content (AvgIpc) is 3.32. The van der Waals surface area contributed by atoms with Gasteiger partial charge in [0.2, 0.25) is 10.0 Å². The van der Waals surface area contributed by atoms with Crippen molar-refractivity contribution >= 4 is 21.6 Å². The molecule has 0 saturated carbocycles. The molecular weight excluding hydrogens is 452 g/mol. The zero-order valence-electron chi connectivity index (χ0n) is 17.5. The van der Waals surface area contributed by atoms with Crippen LogP contribution in [0, 0.1) is 11.6 Å². The monoisotopic (exact) mass is 471 g/mol. The molecule has 2 aliphatic rings. The zero-order valence-corrected chi connectivity index (χ0v) is 18.3. The van der Waals surface area contributed by atoms with Crippen LogP contribution in [-0.2, 0) is 21.2 Å². The first-order valence-electron chi connectivity index (χ1n) is 10.2. The second-order valence-corrected chi connectivity index (χ2v) is 9.73. The topological polar surface area (TPSA) is 103 Å². The minimum atomic E-state index is -4.31. The van der Waals surface area contributed by atoms with Gasteiger partial charge in [-0.05, 0) is 41.5 Å². The Morgan fingerprint density at radius 2 is 1.97 bits per heavy atom. The van der Waals surface area contributed by atoms with Crippen LogP contribution in [0.15, 0.2) is 53.6 Å². The Morgan fingerprint density at radius 1 is 1.18 bits per heavy atom. The number of nitrogens with zero attached hydrogens (tertiary/aromatic N) is 2. The minimum absolute atomic E-state index is 0.206. The van der Waals surface area contributed by atoms with E-state index < -0.39 is 38.6 Å². The number of benzene rings is 2. The number of hydrogen-bond acceptors (Lipinski definition) is 5. The Bertz CT molecular complexity index is 1400. The number of anilines is 1. The Hall–Kier alpha value is -3.37. The third-order valence-electron chi connectivity index (χ3n) is 5.97. The number of ether oxygens (including phenoxy) is 1. The maximum absolute atomic E-state index is 14.7. The molecule has 33 heavy (non-hydrogen) atoms. The van der Waals surface area contributed by atoms with E-state index in [9.17, 15) is 22.0 Å². The van der Waals surface area contributed by atoms with Crippen molar-refractivity contribution in [2.45, 2.75) is 30.3 Å². The van der Waals surface area contributed by atoms with E-state index in [0.29, 0.717) is 22.4 Å². The van der Waals surface area contributed by atoms with Crippen molar-refractivity contribution < 1.29 is 26.7 Å². The average molecular weight is 471 g/mol. The molecule has 170 valence electrons. The first kappa shape index (κ1) is 21.5. The van der Waals surface area contributed by atoms with Gasteiger partial charge in [-0.25, -0.2) is 22.3 Å². The molecule has 5 rings (SSSR count). The third-order valence-corrected chi connectivity index (χ3v) is 6.90. The Kier molecular flexibility index (Phi) is 4.95. The molecule has 0 spiro atoms. The number of fused-ring (bicyclic) bond motifs is 2. The number of rotatable bonds is 3. The highest BCUT2D eigenvalue weighted by Gasteiger charge is 2.39. The largest absolute Gasteiger partial charge is 0.480 e. The lowest BCUT2D eigenvalue weighted by Crippen LogP contribution is -2.40. The second kappa shape index (κ2) is 7.60. The lowest BCUT2D eigenvalue weighted by Gasteiger charge is -2.21. The molecule has 1 amide bonds. The molecule has 0 aliphatic carbocycles. The highest BCUT2D eigenvalue weighted by Crippen LogP contribution is 2.41. The van der Waals surface area contributed by atoms with Gasteiger partial charge in [0.05, 0.1) is 5.69 Å². The maximum atomic E-state index is 14.7. The van der Waals surface area contributed by atoms with Crippen LogP contribution in [0.3, 0.4) is 0 Å². The predicted molar refractivity (Wildman–Crippen MR) is 116 cm³/mol. The number of halogens is 2. The van der Waals surface area contributed by atoms with Gasteiger partial charge in [-0.2, -0.15) is 0 Å². The van der Waals surface area contributed by atoms with Crippen LogP contribution < -0.4 is 14.8 Å². The van der Waals surface area contributed by atoms with Gasteiger partial charge in [-0.15, -0.1) is 0 Å². The normalized spacial score (nSPS) is 19.2. The standard InChI is InChI=1S/C23H19F2N3O4S/c1-12-11-28(19-10-22(33(26,30)31)17(25)8-14(12)19)23(29)21-7-13-6-15(16(24)9-20(13)32-21)18-4-2-3-5-27-18/h2-6,8-10,12,21H,7,11H2,1H3,(H2,26,30,31). The number of nitrogens with two attached hydrogens (primary N) is 1. The van der Waals surface area contributed by atoms with Crippen LogP contribution in [0.1, 0.15) is 24.0 Å². The van der Waals surface area contributed by atoms with Gasteiger partial charge < -0.3 is 9.64 Å². The van der Waals surface area contributed by atoms with Gasteiger partial charge >= 0.3 is 0 Å². The smallest absolute Gasteiger partial charge is 0.268 e. The highest BCUT2D eigenvalue weighted by atomic mass is 32.2. The van der Waals surface area contributed by atoms with E-state index in [1.54, 1.807) is 37.4 Å². The number of sulfonamides is 1. The van der Waals surface area contributed by atoms with E-state index in [-0.39, 0.29) is 30.3 Å². The van der Waals surface area contributed by atoms with Gasteiger partial charge in [0.25, 0.3) is 5.91 Å². The van der Waals surface area contributed by atoms with Crippen molar-refractivity contribution in [1.82, 2.24) is 4.98 Å². The van der Waals surface area contributed by atoms with Crippen molar-refractivity contribution in [1.29, 1.82) is 0 Å². The quantitative estimate of drug-likeness (QED) is 0.632. The molecule has 0 bridgehead atoms. The molecule has 3 heterocycles. The summed E-state index contributed by atoms with van der Waals surface area (Å²) in [7, 11) is -4.31. The summed E-state index contributed by atoms with van der Waals surface area (Å²) >= 11 is 0. The summed E-state index contributed by atoms with van der Waals surface area (Å²) in [5, 5.41) is 5.13. The molecule has 10 heteroatoms. The maximum Gasteiger partial charge on any atom is 0.268 e. The summed E-state index contributed by atoms with van der Waals surface area (Å²) in [6.07, 6.45) is 0.840. The fourth-order valence-corrected chi connectivity index (χ4v) is 4.98. The summed E-state index contributed by atoms with van der Waals surface area (Å²) in [4.78, 5) is 18.2. The van der Waals surface area contributed by atoms with Crippen LogP contribution in [0.5, 0.6) is 5.75 Å². The van der Waals surface area contributed by atoms with E-state index in [2.05, 4.69) is 4.98 Å². The molecule has 0 fully saturated rings. The summed E-state index contributed by atoms with van der Waals surface area (Å²) in [5.74, 6) is -1.86. The van der Waals surface area contributed by atoms with E-state index in [4.69, 9.17) is 9.88 Å². The van der Waals surface area contributed by atoms with E-state index in [0.717, 1.165) is 12.1 Å². The number of pyridine rings is 1. The van der Waals surface area contributed by atoms with Gasteiger partial charge in [0, 0.05) is 42.4 Å². The first-order chi connectivity index (χ1) is 15.6. The van der Waals surface area contributed by atoms with Crippen molar-refractivity contribution in [3.05, 3.63) is 71.4 Å². The van der Waals surface area contributed by atoms with Crippen LogP contribution in [-0.4, -0.2) is 32.0 Å².